The Bertz CT molecular complexity index is 821. The monoisotopic (exact) mass is 286 g/mol. The minimum Gasteiger partial charge on any atom is -0.303 e. The molecule has 0 aliphatic rings. The number of nitrogens with one attached hydrogen (secondary N) is 1. The molecule has 3 heterocycles. The van der Waals surface area contributed by atoms with Crippen LogP contribution in [0.4, 0.5) is 0 Å². The number of fused-ring (bicyclic) bond motifs is 1. The number of aromatic amines is 1. The van der Waals surface area contributed by atoms with Crippen LogP contribution >= 0.6 is 11.8 Å². The number of hydrogen-bond acceptors (Lipinski definition) is 4. The second kappa shape index (κ2) is 5.13. The maximum atomic E-state index is 11.4. The van der Waals surface area contributed by atoms with E-state index in [9.17, 15) is 4.79 Å². The zero-order valence-electron chi connectivity index (χ0n) is 11.3. The Hall–Kier alpha value is -2.08. The van der Waals surface area contributed by atoms with Gasteiger partial charge < -0.3 is 9.38 Å². The Morgan fingerprint density at radius 2 is 2.20 bits per heavy atom. The molecule has 0 amide bonds. The first kappa shape index (κ1) is 12.9. The van der Waals surface area contributed by atoms with E-state index in [2.05, 4.69) is 32.5 Å². The molecule has 20 heavy (non-hydrogen) atoms. The van der Waals surface area contributed by atoms with Crippen molar-refractivity contribution in [3.63, 3.8) is 0 Å². The van der Waals surface area contributed by atoms with E-state index in [4.69, 9.17) is 0 Å². The normalized spacial score (nSPS) is 11.1. The van der Waals surface area contributed by atoms with Crippen LogP contribution in [-0.4, -0.2) is 19.4 Å². The topological polar surface area (TPSA) is 63.0 Å². The highest BCUT2D eigenvalue weighted by molar-refractivity contribution is 7.98. The summed E-state index contributed by atoms with van der Waals surface area (Å²) >= 11 is 1.50. The fourth-order valence-corrected chi connectivity index (χ4v) is 2.89. The van der Waals surface area contributed by atoms with Crippen molar-refractivity contribution >= 4 is 17.4 Å². The van der Waals surface area contributed by atoms with Crippen LogP contribution in [0.2, 0.25) is 0 Å². The van der Waals surface area contributed by atoms with Gasteiger partial charge in [0.1, 0.15) is 5.65 Å². The SMILES string of the molecule is Cc1ccc2ncc(CSc3nc(C)cc(=O)[nH]3)n2c1. The third kappa shape index (κ3) is 2.60. The Labute approximate surface area is 120 Å². The Kier molecular flexibility index (Phi) is 3.31. The number of rotatable bonds is 3. The van der Waals surface area contributed by atoms with E-state index in [1.54, 1.807) is 0 Å². The van der Waals surface area contributed by atoms with Crippen LogP contribution in [0, 0.1) is 13.8 Å². The number of H-pyrrole nitrogens is 1. The van der Waals surface area contributed by atoms with Crippen molar-refractivity contribution in [2.24, 2.45) is 0 Å². The summed E-state index contributed by atoms with van der Waals surface area (Å²) < 4.78 is 2.07. The summed E-state index contributed by atoms with van der Waals surface area (Å²) in [6.07, 6.45) is 3.92. The van der Waals surface area contributed by atoms with E-state index in [1.165, 1.54) is 23.4 Å². The maximum Gasteiger partial charge on any atom is 0.251 e. The van der Waals surface area contributed by atoms with E-state index >= 15 is 0 Å². The molecule has 0 bridgehead atoms. The fourth-order valence-electron chi connectivity index (χ4n) is 2.01. The molecule has 3 aromatic heterocycles. The zero-order valence-corrected chi connectivity index (χ0v) is 12.1. The van der Waals surface area contributed by atoms with Crippen molar-refractivity contribution in [2.75, 3.05) is 0 Å². The molecule has 0 aliphatic carbocycles. The standard InChI is InChI=1S/C14H14N4OS/c1-9-3-4-12-15-6-11(18(12)7-9)8-20-14-16-10(2)5-13(19)17-14/h3-7H,8H2,1-2H3,(H,16,17,19). The first-order chi connectivity index (χ1) is 9.61. The highest BCUT2D eigenvalue weighted by Gasteiger charge is 2.06. The van der Waals surface area contributed by atoms with Crippen molar-refractivity contribution in [1.29, 1.82) is 0 Å². The fraction of sp³-hybridized carbons (Fsp3) is 0.214. The van der Waals surface area contributed by atoms with Crippen LogP contribution in [0.3, 0.4) is 0 Å². The maximum absolute atomic E-state index is 11.4. The van der Waals surface area contributed by atoms with Gasteiger partial charge in [-0.05, 0) is 25.5 Å². The second-order valence-electron chi connectivity index (χ2n) is 4.66. The molecule has 5 nitrogen and oxygen atoms in total. The third-order valence-corrected chi connectivity index (χ3v) is 3.84. The Morgan fingerprint density at radius 3 is 3.00 bits per heavy atom. The summed E-state index contributed by atoms with van der Waals surface area (Å²) in [6.45, 7) is 3.87. The van der Waals surface area contributed by atoms with Gasteiger partial charge in [0.2, 0.25) is 0 Å². The van der Waals surface area contributed by atoms with Crippen LogP contribution < -0.4 is 5.56 Å². The first-order valence-corrected chi connectivity index (χ1v) is 7.24. The number of imidazole rings is 1. The van der Waals surface area contributed by atoms with Gasteiger partial charge in [-0.3, -0.25) is 4.79 Å². The number of pyridine rings is 1. The number of aromatic nitrogens is 4. The molecule has 102 valence electrons. The molecular formula is C14H14N4OS. The van der Waals surface area contributed by atoms with E-state index in [1.807, 2.05) is 25.3 Å². The van der Waals surface area contributed by atoms with Crippen molar-refractivity contribution in [1.82, 2.24) is 19.4 Å². The Morgan fingerprint density at radius 1 is 1.35 bits per heavy atom. The molecule has 0 atom stereocenters. The van der Waals surface area contributed by atoms with Crippen molar-refractivity contribution in [3.05, 3.63) is 57.9 Å². The molecule has 0 aliphatic heterocycles. The minimum absolute atomic E-state index is 0.117. The molecule has 0 spiro atoms. The van der Waals surface area contributed by atoms with Gasteiger partial charge in [-0.15, -0.1) is 0 Å². The van der Waals surface area contributed by atoms with E-state index in [-0.39, 0.29) is 5.56 Å². The van der Waals surface area contributed by atoms with E-state index < -0.39 is 0 Å². The van der Waals surface area contributed by atoms with Crippen LogP contribution in [0.15, 0.2) is 40.5 Å². The third-order valence-electron chi connectivity index (χ3n) is 2.93. The lowest BCUT2D eigenvalue weighted by Crippen LogP contribution is -2.08. The summed E-state index contributed by atoms with van der Waals surface area (Å²) in [5.74, 6) is 0.705. The molecule has 0 unspecified atom stereocenters. The molecular weight excluding hydrogens is 272 g/mol. The molecule has 3 aromatic rings. The number of aryl methyl sites for hydroxylation is 2. The highest BCUT2D eigenvalue weighted by Crippen LogP contribution is 2.19. The largest absolute Gasteiger partial charge is 0.303 e. The van der Waals surface area contributed by atoms with Crippen molar-refractivity contribution < 1.29 is 0 Å². The van der Waals surface area contributed by atoms with Gasteiger partial charge in [0.05, 0.1) is 11.9 Å². The zero-order chi connectivity index (χ0) is 14.1. The van der Waals surface area contributed by atoms with Crippen LogP contribution in [0.1, 0.15) is 17.0 Å². The van der Waals surface area contributed by atoms with Crippen molar-refractivity contribution in [3.8, 4) is 0 Å². The van der Waals surface area contributed by atoms with Gasteiger partial charge in [-0.2, -0.15) is 0 Å². The summed E-state index contributed by atoms with van der Waals surface area (Å²) in [7, 11) is 0. The Balaban J connectivity index is 1.86. The van der Waals surface area contributed by atoms with Crippen LogP contribution in [-0.2, 0) is 5.75 Å². The van der Waals surface area contributed by atoms with Crippen molar-refractivity contribution in [2.45, 2.75) is 24.8 Å². The lowest BCUT2D eigenvalue weighted by Gasteiger charge is -2.03. The predicted molar refractivity (Wildman–Crippen MR) is 79.1 cm³/mol. The van der Waals surface area contributed by atoms with Gasteiger partial charge in [0.25, 0.3) is 5.56 Å². The van der Waals surface area contributed by atoms with Gasteiger partial charge in [-0.1, -0.05) is 17.8 Å². The first-order valence-electron chi connectivity index (χ1n) is 6.25. The van der Waals surface area contributed by atoms with Gasteiger partial charge in [0.15, 0.2) is 5.16 Å². The van der Waals surface area contributed by atoms with Gasteiger partial charge >= 0.3 is 0 Å². The van der Waals surface area contributed by atoms with Gasteiger partial charge in [-0.25, -0.2) is 9.97 Å². The van der Waals surface area contributed by atoms with Crippen LogP contribution in [0.25, 0.3) is 5.65 Å². The molecule has 6 heteroatoms. The molecule has 0 radical (unpaired) electrons. The number of nitrogens with zero attached hydrogens (tertiary/aromatic N) is 3. The predicted octanol–water partition coefficient (Wildman–Crippen LogP) is 2.33. The number of thioether (sulfide) groups is 1. The lowest BCUT2D eigenvalue weighted by atomic mass is 10.3. The summed E-state index contributed by atoms with van der Waals surface area (Å²) in [6, 6.07) is 5.52. The van der Waals surface area contributed by atoms with E-state index in [0.717, 1.165) is 17.0 Å². The summed E-state index contributed by atoms with van der Waals surface area (Å²) in [5, 5.41) is 0.637. The smallest absolute Gasteiger partial charge is 0.251 e. The summed E-state index contributed by atoms with van der Waals surface area (Å²) in [4.78, 5) is 22.8. The molecule has 0 aromatic carbocycles. The average molecular weight is 286 g/mol. The van der Waals surface area contributed by atoms with Gasteiger partial charge in [0, 0.05) is 23.7 Å². The second-order valence-corrected chi connectivity index (χ2v) is 5.63. The molecule has 3 rings (SSSR count). The molecule has 0 saturated heterocycles. The molecule has 0 saturated carbocycles. The average Bonchev–Trinajstić information content (AvgIpc) is 2.77. The summed E-state index contributed by atoms with van der Waals surface area (Å²) in [5.41, 5.74) is 3.80. The highest BCUT2D eigenvalue weighted by atomic mass is 32.2. The quantitative estimate of drug-likeness (QED) is 0.593. The van der Waals surface area contributed by atoms with Crippen LogP contribution in [0.5, 0.6) is 0 Å². The van der Waals surface area contributed by atoms with E-state index in [0.29, 0.717) is 10.9 Å². The lowest BCUT2D eigenvalue weighted by molar-refractivity contribution is 0.903. The molecule has 0 fully saturated rings. The minimum atomic E-state index is -0.117. The molecule has 1 N–H and O–H groups in total. The number of hydrogen-bond donors (Lipinski definition) is 1.